The molecule has 1 aliphatic rings. The van der Waals surface area contributed by atoms with Crippen molar-refractivity contribution in [1.29, 1.82) is 0 Å². The summed E-state index contributed by atoms with van der Waals surface area (Å²) in [6.07, 6.45) is -0.328. The molecule has 1 N–H and O–H groups in total. The van der Waals surface area contributed by atoms with Gasteiger partial charge in [0.25, 0.3) is 5.56 Å². The number of fused-ring (bicyclic) bond motifs is 1. The number of amides is 1. The molecule has 0 aliphatic carbocycles. The van der Waals surface area contributed by atoms with Gasteiger partial charge in [0.1, 0.15) is 0 Å². The topological polar surface area (TPSA) is 137 Å². The number of piperidine rings is 1. The first kappa shape index (κ1) is 27.8. The second kappa shape index (κ2) is 11.9. The maximum Gasteiger partial charge on any atom is 0.475 e. The number of benzene rings is 1. The van der Waals surface area contributed by atoms with Crippen molar-refractivity contribution in [2.75, 3.05) is 19.8 Å². The third-order valence-corrected chi connectivity index (χ3v) is 8.33. The van der Waals surface area contributed by atoms with Crippen molar-refractivity contribution in [2.24, 2.45) is 0 Å². The highest BCUT2D eigenvalue weighted by molar-refractivity contribution is 9.10. The molecule has 2 heterocycles. The molecule has 14 heteroatoms. The van der Waals surface area contributed by atoms with Crippen LogP contribution in [0.5, 0.6) is 0 Å². The zero-order valence-electron chi connectivity index (χ0n) is 19.2. The van der Waals surface area contributed by atoms with E-state index in [1.54, 1.807) is 19.9 Å². The summed E-state index contributed by atoms with van der Waals surface area (Å²) >= 11 is 9.38. The minimum absolute atomic E-state index is 0.0642. The van der Waals surface area contributed by atoms with Crippen LogP contribution in [0.3, 0.4) is 0 Å². The highest BCUT2D eigenvalue weighted by Gasteiger charge is 2.41. The molecule has 2 unspecified atom stereocenters. The van der Waals surface area contributed by atoms with Crippen LogP contribution < -0.4 is 5.56 Å². The van der Waals surface area contributed by atoms with Gasteiger partial charge in [-0.3, -0.25) is 27.7 Å². The Morgan fingerprint density at radius 3 is 2.60 bits per heavy atom. The van der Waals surface area contributed by atoms with Crippen molar-refractivity contribution >= 4 is 58.1 Å². The van der Waals surface area contributed by atoms with E-state index in [1.165, 1.54) is 12.4 Å². The first-order valence-electron chi connectivity index (χ1n) is 11.0. The van der Waals surface area contributed by atoms with Crippen LogP contribution >= 0.6 is 35.4 Å². The molecule has 1 aliphatic heterocycles. The number of hydrogen-bond acceptors (Lipinski definition) is 8. The quantitative estimate of drug-likeness (QED) is 0.395. The Morgan fingerprint density at radius 2 is 1.97 bits per heavy atom. The number of carbonyl (C=O) groups excluding carboxylic acids is 1. The fourth-order valence-corrected chi connectivity index (χ4v) is 5.86. The number of ketones is 1. The van der Waals surface area contributed by atoms with Crippen molar-refractivity contribution < 1.29 is 32.8 Å². The lowest BCUT2D eigenvalue weighted by Crippen LogP contribution is -2.52. The molecular formula is C21H26BrClN3O8P. The number of halogens is 2. The molecule has 0 radical (unpaired) electrons. The summed E-state index contributed by atoms with van der Waals surface area (Å²) < 4.78 is 30.7. The van der Waals surface area contributed by atoms with Gasteiger partial charge < -0.3 is 10.0 Å². The van der Waals surface area contributed by atoms with Gasteiger partial charge >= 0.3 is 13.9 Å². The van der Waals surface area contributed by atoms with E-state index >= 15 is 0 Å². The summed E-state index contributed by atoms with van der Waals surface area (Å²) in [5.41, 5.74) is -0.0446. The summed E-state index contributed by atoms with van der Waals surface area (Å²) in [6, 6.07) is 2.14. The summed E-state index contributed by atoms with van der Waals surface area (Å²) in [4.78, 5) is 43.1. The zero-order valence-corrected chi connectivity index (χ0v) is 22.4. The third-order valence-electron chi connectivity index (χ3n) is 5.45. The van der Waals surface area contributed by atoms with Crippen molar-refractivity contribution in [1.82, 2.24) is 14.5 Å². The number of hydrogen-bond donors (Lipinski definition) is 1. The Morgan fingerprint density at radius 1 is 1.29 bits per heavy atom. The Balaban J connectivity index is 1.84. The van der Waals surface area contributed by atoms with Gasteiger partial charge in [0.05, 0.1) is 54.2 Å². The predicted octanol–water partition coefficient (Wildman–Crippen LogP) is 4.48. The number of Topliss-reactive ketones (excluding diaryl/α,β-unsaturated/α-hetero) is 1. The number of aromatic nitrogens is 2. The molecular weight excluding hydrogens is 569 g/mol. The van der Waals surface area contributed by atoms with Crippen molar-refractivity contribution in [3.8, 4) is 0 Å². The van der Waals surface area contributed by atoms with Gasteiger partial charge in [-0.25, -0.2) is 14.3 Å². The lowest BCUT2D eigenvalue weighted by Gasteiger charge is -2.39. The summed E-state index contributed by atoms with van der Waals surface area (Å²) in [5.74, 6) is -0.425. The van der Waals surface area contributed by atoms with E-state index in [1.807, 2.05) is 0 Å². The molecule has 3 rings (SSSR count). The molecule has 192 valence electrons. The van der Waals surface area contributed by atoms with Gasteiger partial charge in [-0.05, 0) is 54.8 Å². The van der Waals surface area contributed by atoms with E-state index in [9.17, 15) is 24.1 Å². The Kier molecular flexibility index (Phi) is 9.47. The van der Waals surface area contributed by atoms with Crippen LogP contribution in [0.4, 0.5) is 4.79 Å². The minimum Gasteiger partial charge on any atom is -0.465 e. The molecule has 0 spiro atoms. The number of carboxylic acid groups (broad SMARTS) is 1. The lowest BCUT2D eigenvalue weighted by atomic mass is 9.95. The van der Waals surface area contributed by atoms with Gasteiger partial charge in [0.2, 0.25) is 0 Å². The molecule has 0 bridgehead atoms. The van der Waals surface area contributed by atoms with E-state index < -0.39 is 37.4 Å². The normalized spacial score (nSPS) is 18.7. The molecule has 1 saturated heterocycles. The van der Waals surface area contributed by atoms with Crippen LogP contribution in [-0.2, 0) is 29.5 Å². The van der Waals surface area contributed by atoms with Gasteiger partial charge in [-0.1, -0.05) is 11.6 Å². The average Bonchev–Trinajstić information content (AvgIpc) is 2.78. The summed E-state index contributed by atoms with van der Waals surface area (Å²) in [5, 5.41) is 10.3. The maximum atomic E-state index is 13.0. The summed E-state index contributed by atoms with van der Waals surface area (Å²) in [6.45, 7) is 3.24. The van der Waals surface area contributed by atoms with Crippen LogP contribution in [0.1, 0.15) is 33.1 Å². The van der Waals surface area contributed by atoms with Crippen molar-refractivity contribution in [3.05, 3.63) is 38.3 Å². The number of nitrogens with zero attached hydrogens (tertiary/aromatic N) is 3. The van der Waals surface area contributed by atoms with Gasteiger partial charge in [-0.15, -0.1) is 0 Å². The second-order valence-corrected chi connectivity index (χ2v) is 10.7. The highest BCUT2D eigenvalue weighted by Crippen LogP contribution is 2.52. The van der Waals surface area contributed by atoms with Crippen LogP contribution in [-0.4, -0.2) is 63.3 Å². The predicted molar refractivity (Wildman–Crippen MR) is 132 cm³/mol. The number of likely N-dealkylation sites (tertiary alicyclic amines) is 1. The Labute approximate surface area is 215 Å². The molecule has 2 atom stereocenters. The molecule has 1 aromatic heterocycles. The minimum atomic E-state index is -3.95. The zero-order chi connectivity index (χ0) is 25.8. The van der Waals surface area contributed by atoms with E-state index in [2.05, 4.69) is 20.9 Å². The largest absolute Gasteiger partial charge is 0.475 e. The standard InChI is InChI=1S/C21H26BrClN3O8P/c1-3-32-35(31,33-4-2)34-19-6-5-7-26(21(29)30)18(19)8-13(27)11-25-12-24-17-10-15(22)16(23)9-14(17)20(25)28/h9-10,12,18-19H,3-8,11H2,1-2H3,(H,29,30). The van der Waals surface area contributed by atoms with E-state index in [0.29, 0.717) is 27.9 Å². The van der Waals surface area contributed by atoms with Crippen LogP contribution in [0.15, 0.2) is 27.7 Å². The fraction of sp³-hybridized carbons (Fsp3) is 0.524. The summed E-state index contributed by atoms with van der Waals surface area (Å²) in [7, 11) is -3.95. The monoisotopic (exact) mass is 593 g/mol. The maximum absolute atomic E-state index is 13.0. The van der Waals surface area contributed by atoms with Crippen molar-refractivity contribution in [2.45, 2.75) is 51.8 Å². The molecule has 35 heavy (non-hydrogen) atoms. The highest BCUT2D eigenvalue weighted by atomic mass is 79.9. The molecule has 1 aromatic carbocycles. The number of phosphoric ester groups is 1. The van der Waals surface area contributed by atoms with Crippen molar-refractivity contribution in [3.63, 3.8) is 0 Å². The SMILES string of the molecule is CCOP(=O)(OCC)OC1CCCN(C(=O)O)C1CC(=O)Cn1cnc2cc(Br)c(Cl)cc2c1=O. The Hall–Kier alpha value is -1.82. The molecule has 1 fully saturated rings. The number of phosphoric acid groups is 1. The van der Waals surface area contributed by atoms with Crippen LogP contribution in [0.2, 0.25) is 5.02 Å². The van der Waals surface area contributed by atoms with Gasteiger partial charge in [-0.2, -0.15) is 0 Å². The van der Waals surface area contributed by atoms with Crippen LogP contribution in [0.25, 0.3) is 10.9 Å². The molecule has 1 amide bonds. The van der Waals surface area contributed by atoms with E-state index in [-0.39, 0.29) is 38.1 Å². The number of carbonyl (C=O) groups is 2. The lowest BCUT2D eigenvalue weighted by molar-refractivity contribution is -0.122. The second-order valence-electron chi connectivity index (χ2n) is 7.82. The van der Waals surface area contributed by atoms with E-state index in [0.717, 1.165) is 9.47 Å². The van der Waals surface area contributed by atoms with Gasteiger partial charge in [0.15, 0.2) is 5.78 Å². The van der Waals surface area contributed by atoms with E-state index in [4.69, 9.17) is 25.2 Å². The molecule has 0 saturated carbocycles. The fourth-order valence-electron chi connectivity index (χ4n) is 3.96. The molecule has 11 nitrogen and oxygen atoms in total. The first-order chi connectivity index (χ1) is 16.6. The first-order valence-corrected chi connectivity index (χ1v) is 13.6. The molecule has 2 aromatic rings. The van der Waals surface area contributed by atoms with Gasteiger partial charge in [0, 0.05) is 17.4 Å². The number of rotatable bonds is 10. The Bertz CT molecular complexity index is 1200. The smallest absolute Gasteiger partial charge is 0.465 e. The average molecular weight is 595 g/mol. The van der Waals surface area contributed by atoms with Crippen LogP contribution in [0, 0.1) is 0 Å². The third kappa shape index (κ3) is 6.69.